The number of aromatic carboxylic acids is 1. The summed E-state index contributed by atoms with van der Waals surface area (Å²) in [6, 6.07) is 0.800. The Balaban J connectivity index is 2.99. The second-order valence-electron chi connectivity index (χ2n) is 3.08. The summed E-state index contributed by atoms with van der Waals surface area (Å²) in [5, 5.41) is 17.9. The Bertz CT molecular complexity index is 339. The minimum atomic E-state index is -1.06. The zero-order valence-corrected chi connectivity index (χ0v) is 7.71. The molecule has 0 saturated carbocycles. The van der Waals surface area contributed by atoms with Crippen LogP contribution in [-0.4, -0.2) is 27.3 Å². The predicted molar refractivity (Wildman–Crippen MR) is 49.8 cm³/mol. The van der Waals surface area contributed by atoms with Crippen molar-refractivity contribution in [3.8, 4) is 0 Å². The molecule has 1 aromatic heterocycles. The smallest absolute Gasteiger partial charge is 0.337 e. The molecule has 0 saturated heterocycles. The van der Waals surface area contributed by atoms with E-state index in [2.05, 4.69) is 4.98 Å². The van der Waals surface area contributed by atoms with Crippen LogP contribution in [0.15, 0.2) is 18.5 Å². The zero-order valence-electron chi connectivity index (χ0n) is 7.71. The zero-order chi connectivity index (χ0) is 10.7. The minimum Gasteiger partial charge on any atom is -0.478 e. The highest BCUT2D eigenvalue weighted by Crippen LogP contribution is 2.14. The molecule has 0 unspecified atom stereocenters. The quantitative estimate of drug-likeness (QED) is 0.639. The number of rotatable bonds is 3. The van der Waals surface area contributed by atoms with E-state index in [-0.39, 0.29) is 5.56 Å². The van der Waals surface area contributed by atoms with E-state index in [1.165, 1.54) is 25.4 Å². The topological polar surface area (TPSA) is 96.4 Å². The third-order valence-electron chi connectivity index (χ3n) is 1.91. The summed E-state index contributed by atoms with van der Waals surface area (Å²) in [5.74, 6) is -1.06. The first-order valence-corrected chi connectivity index (χ1v) is 4.14. The lowest BCUT2D eigenvalue weighted by Crippen LogP contribution is -2.23. The molecule has 1 heterocycles. The molecule has 0 aliphatic heterocycles. The number of aliphatic hydroxyl groups is 1. The van der Waals surface area contributed by atoms with Crippen LogP contribution in [0.3, 0.4) is 0 Å². The van der Waals surface area contributed by atoms with E-state index in [0.717, 1.165) is 0 Å². The monoisotopic (exact) mass is 196 g/mol. The van der Waals surface area contributed by atoms with E-state index < -0.39 is 18.1 Å². The highest BCUT2D eigenvalue weighted by atomic mass is 16.4. The third kappa shape index (κ3) is 2.27. The number of hydrogen-bond acceptors (Lipinski definition) is 4. The van der Waals surface area contributed by atoms with Crippen LogP contribution in [0.1, 0.15) is 28.9 Å². The normalized spacial score (nSPS) is 14.8. The average Bonchev–Trinajstić information content (AvgIpc) is 2.16. The molecular formula is C9H12N2O3. The van der Waals surface area contributed by atoms with Crippen LogP contribution in [-0.2, 0) is 0 Å². The van der Waals surface area contributed by atoms with Crippen molar-refractivity contribution in [2.45, 2.75) is 19.1 Å². The molecule has 1 aromatic rings. The fourth-order valence-electron chi connectivity index (χ4n) is 1.04. The van der Waals surface area contributed by atoms with E-state index in [9.17, 15) is 9.90 Å². The van der Waals surface area contributed by atoms with Crippen molar-refractivity contribution >= 4 is 5.97 Å². The fourth-order valence-corrected chi connectivity index (χ4v) is 1.04. The summed E-state index contributed by atoms with van der Waals surface area (Å²) >= 11 is 0. The molecular weight excluding hydrogens is 184 g/mol. The lowest BCUT2D eigenvalue weighted by Gasteiger charge is -2.14. The van der Waals surface area contributed by atoms with E-state index in [4.69, 9.17) is 10.8 Å². The van der Waals surface area contributed by atoms with E-state index in [1.54, 1.807) is 0 Å². The van der Waals surface area contributed by atoms with Crippen LogP contribution in [0.5, 0.6) is 0 Å². The number of nitrogens with two attached hydrogens (primary N) is 1. The Kier molecular flexibility index (Phi) is 3.16. The molecule has 0 aliphatic carbocycles. The summed E-state index contributed by atoms with van der Waals surface area (Å²) in [4.78, 5) is 14.3. The van der Waals surface area contributed by atoms with Crippen LogP contribution in [0.25, 0.3) is 0 Å². The maximum absolute atomic E-state index is 10.6. The predicted octanol–water partition coefficient (Wildman–Crippen LogP) is 0.160. The lowest BCUT2D eigenvalue weighted by atomic mass is 10.0. The number of nitrogens with zero attached hydrogens (tertiary/aromatic N) is 1. The average molecular weight is 196 g/mol. The molecule has 2 atom stereocenters. The Labute approximate surface area is 81.2 Å². The van der Waals surface area contributed by atoms with Gasteiger partial charge in [-0.15, -0.1) is 0 Å². The number of aliphatic hydroxyl groups excluding tert-OH is 1. The maximum atomic E-state index is 10.6. The molecule has 1 rings (SSSR count). The van der Waals surface area contributed by atoms with Crippen molar-refractivity contribution in [2.24, 2.45) is 5.73 Å². The van der Waals surface area contributed by atoms with Gasteiger partial charge in [-0.1, -0.05) is 0 Å². The van der Waals surface area contributed by atoms with E-state index in [1.807, 2.05) is 0 Å². The van der Waals surface area contributed by atoms with Crippen molar-refractivity contribution in [3.63, 3.8) is 0 Å². The Morgan fingerprint density at radius 3 is 2.71 bits per heavy atom. The summed E-state index contributed by atoms with van der Waals surface area (Å²) in [6.07, 6.45) is 1.95. The largest absolute Gasteiger partial charge is 0.478 e. The minimum absolute atomic E-state index is 0.0681. The summed E-state index contributed by atoms with van der Waals surface area (Å²) < 4.78 is 0. The molecule has 0 spiro atoms. The standard InChI is InChI=1S/C9H12N2O3/c1-5(12)8(10)6-2-7(9(13)14)4-11-3-6/h2-5,8,12H,10H2,1H3,(H,13,14)/t5-,8-/m0/s1. The van der Waals surface area contributed by atoms with Gasteiger partial charge in [-0.2, -0.15) is 0 Å². The highest BCUT2D eigenvalue weighted by molar-refractivity contribution is 5.87. The Morgan fingerprint density at radius 1 is 1.57 bits per heavy atom. The molecule has 5 nitrogen and oxygen atoms in total. The molecule has 5 heteroatoms. The second kappa shape index (κ2) is 4.17. The van der Waals surface area contributed by atoms with E-state index in [0.29, 0.717) is 5.56 Å². The van der Waals surface area contributed by atoms with Crippen LogP contribution >= 0.6 is 0 Å². The van der Waals surface area contributed by atoms with Gasteiger partial charge in [0.1, 0.15) is 0 Å². The fraction of sp³-hybridized carbons (Fsp3) is 0.333. The molecule has 14 heavy (non-hydrogen) atoms. The molecule has 4 N–H and O–H groups in total. The Hall–Kier alpha value is -1.46. The number of carbonyl (C=O) groups is 1. The molecule has 0 fully saturated rings. The van der Waals surface area contributed by atoms with Crippen LogP contribution in [0.4, 0.5) is 0 Å². The van der Waals surface area contributed by atoms with Gasteiger partial charge in [-0.05, 0) is 18.6 Å². The number of aromatic nitrogens is 1. The molecule has 76 valence electrons. The first-order chi connectivity index (χ1) is 6.52. The Morgan fingerprint density at radius 2 is 2.21 bits per heavy atom. The number of pyridine rings is 1. The first kappa shape index (κ1) is 10.6. The van der Waals surface area contributed by atoms with Crippen molar-refractivity contribution in [2.75, 3.05) is 0 Å². The van der Waals surface area contributed by atoms with Gasteiger partial charge in [-0.3, -0.25) is 4.98 Å². The second-order valence-corrected chi connectivity index (χ2v) is 3.08. The summed E-state index contributed by atoms with van der Waals surface area (Å²) in [6.45, 7) is 1.54. The lowest BCUT2D eigenvalue weighted by molar-refractivity contribution is 0.0696. The molecule has 0 radical (unpaired) electrons. The van der Waals surface area contributed by atoms with Gasteiger partial charge in [0.15, 0.2) is 0 Å². The van der Waals surface area contributed by atoms with Crippen molar-refractivity contribution < 1.29 is 15.0 Å². The van der Waals surface area contributed by atoms with Crippen LogP contribution < -0.4 is 5.73 Å². The van der Waals surface area contributed by atoms with Crippen molar-refractivity contribution in [1.29, 1.82) is 0 Å². The molecule has 0 aromatic carbocycles. The van der Waals surface area contributed by atoms with Crippen LogP contribution in [0, 0.1) is 0 Å². The summed E-state index contributed by atoms with van der Waals surface area (Å²) in [7, 11) is 0. The van der Waals surface area contributed by atoms with E-state index >= 15 is 0 Å². The van der Waals surface area contributed by atoms with Crippen molar-refractivity contribution in [1.82, 2.24) is 4.98 Å². The maximum Gasteiger partial charge on any atom is 0.337 e. The van der Waals surface area contributed by atoms with Gasteiger partial charge in [0.25, 0.3) is 0 Å². The van der Waals surface area contributed by atoms with Gasteiger partial charge >= 0.3 is 5.97 Å². The van der Waals surface area contributed by atoms with Gasteiger partial charge in [0.2, 0.25) is 0 Å². The SMILES string of the molecule is C[C@H](O)[C@H](N)c1cncc(C(=O)O)c1. The highest BCUT2D eigenvalue weighted by Gasteiger charge is 2.14. The van der Waals surface area contributed by atoms with Crippen molar-refractivity contribution in [3.05, 3.63) is 29.6 Å². The van der Waals surface area contributed by atoms with Crippen LogP contribution in [0.2, 0.25) is 0 Å². The number of carboxylic acids is 1. The molecule has 0 aliphatic rings. The number of hydrogen-bond donors (Lipinski definition) is 3. The first-order valence-electron chi connectivity index (χ1n) is 4.14. The van der Waals surface area contributed by atoms with Gasteiger partial charge in [-0.25, -0.2) is 4.79 Å². The number of carboxylic acid groups (broad SMARTS) is 1. The summed E-state index contributed by atoms with van der Waals surface area (Å²) in [5.41, 5.74) is 6.21. The van der Waals surface area contributed by atoms with Gasteiger partial charge < -0.3 is 15.9 Å². The molecule has 0 bridgehead atoms. The van der Waals surface area contributed by atoms with Gasteiger partial charge in [0, 0.05) is 12.4 Å². The van der Waals surface area contributed by atoms with Gasteiger partial charge in [0.05, 0.1) is 17.7 Å². The third-order valence-corrected chi connectivity index (χ3v) is 1.91. The molecule has 0 amide bonds.